The van der Waals surface area contributed by atoms with Gasteiger partial charge in [0, 0.05) is 25.7 Å². The van der Waals surface area contributed by atoms with E-state index in [-0.39, 0.29) is 23.8 Å². The summed E-state index contributed by atoms with van der Waals surface area (Å²) < 4.78 is 44.8. The van der Waals surface area contributed by atoms with Crippen molar-refractivity contribution in [3.63, 3.8) is 0 Å². The summed E-state index contributed by atoms with van der Waals surface area (Å²) in [5.74, 6) is 0.0843. The molecule has 2 rings (SSSR count). The molecule has 164 valence electrons. The minimum atomic E-state index is -3.71. The molecule has 0 aromatic heterocycles. The van der Waals surface area contributed by atoms with Gasteiger partial charge in [0.2, 0.25) is 15.9 Å². The third-order valence-corrected chi connectivity index (χ3v) is 6.51. The second-order valence-corrected chi connectivity index (χ2v) is 9.16. The Morgan fingerprint density at radius 1 is 1.13 bits per heavy atom. The number of hydrogen-bond acceptors (Lipinski definition) is 4. The molecule has 0 aliphatic carbocycles. The van der Waals surface area contributed by atoms with E-state index in [1.54, 1.807) is 6.07 Å². The Hall–Kier alpha value is -2.45. The van der Waals surface area contributed by atoms with Crippen molar-refractivity contribution in [3.8, 4) is 5.75 Å². The van der Waals surface area contributed by atoms with Gasteiger partial charge in [-0.25, -0.2) is 17.1 Å². The molecule has 6 nitrogen and oxygen atoms in total. The molecule has 0 bridgehead atoms. The molecule has 1 N–H and O–H groups in total. The van der Waals surface area contributed by atoms with Gasteiger partial charge in [-0.3, -0.25) is 4.79 Å². The normalized spacial score (nSPS) is 11.5. The van der Waals surface area contributed by atoms with E-state index in [0.717, 1.165) is 36.3 Å². The number of halogens is 1. The van der Waals surface area contributed by atoms with E-state index >= 15 is 0 Å². The third-order valence-electron chi connectivity index (χ3n) is 4.64. The molecule has 0 aliphatic heterocycles. The van der Waals surface area contributed by atoms with Gasteiger partial charge in [-0.2, -0.15) is 0 Å². The van der Waals surface area contributed by atoms with Crippen molar-refractivity contribution in [1.29, 1.82) is 0 Å². The van der Waals surface area contributed by atoms with Crippen LogP contribution in [0.2, 0.25) is 0 Å². The fraction of sp³-hybridized carbons (Fsp3) is 0.409. The smallest absolute Gasteiger partial charge is 0.242 e. The highest BCUT2D eigenvalue weighted by Gasteiger charge is 2.20. The van der Waals surface area contributed by atoms with Crippen LogP contribution < -0.4 is 10.1 Å². The number of amides is 1. The molecular weight excluding hydrogens is 407 g/mol. The molecule has 0 aliphatic rings. The molecule has 2 aromatic rings. The van der Waals surface area contributed by atoms with Gasteiger partial charge in [0.1, 0.15) is 11.6 Å². The Morgan fingerprint density at radius 2 is 1.83 bits per heavy atom. The SMILES string of the molecule is CCCCOc1ccc(NC(=O)CCCN(C)S(=O)(=O)c2ccc(F)cc2)c(C)c1. The van der Waals surface area contributed by atoms with E-state index in [1.807, 2.05) is 19.1 Å². The number of carbonyl (C=O) groups is 1. The summed E-state index contributed by atoms with van der Waals surface area (Å²) in [4.78, 5) is 12.3. The minimum absolute atomic E-state index is 0.0210. The molecule has 8 heteroatoms. The van der Waals surface area contributed by atoms with E-state index in [9.17, 15) is 17.6 Å². The highest BCUT2D eigenvalue weighted by molar-refractivity contribution is 7.89. The fourth-order valence-corrected chi connectivity index (χ4v) is 3.99. The van der Waals surface area contributed by atoms with Crippen LogP contribution in [0.4, 0.5) is 10.1 Å². The lowest BCUT2D eigenvalue weighted by atomic mass is 10.2. The predicted octanol–water partition coefficient (Wildman–Crippen LogP) is 4.35. The van der Waals surface area contributed by atoms with Gasteiger partial charge in [0.25, 0.3) is 0 Å². The first-order valence-electron chi connectivity index (χ1n) is 9.99. The van der Waals surface area contributed by atoms with Crippen molar-refractivity contribution in [2.45, 2.75) is 44.4 Å². The predicted molar refractivity (Wildman–Crippen MR) is 116 cm³/mol. The van der Waals surface area contributed by atoms with E-state index < -0.39 is 15.8 Å². The quantitative estimate of drug-likeness (QED) is 0.531. The highest BCUT2D eigenvalue weighted by atomic mass is 32.2. The average Bonchev–Trinajstić information content (AvgIpc) is 2.70. The maximum Gasteiger partial charge on any atom is 0.242 e. The number of benzene rings is 2. The van der Waals surface area contributed by atoms with Gasteiger partial charge in [-0.15, -0.1) is 0 Å². The maximum atomic E-state index is 13.0. The summed E-state index contributed by atoms with van der Waals surface area (Å²) in [5, 5.41) is 2.85. The topological polar surface area (TPSA) is 75.7 Å². The summed E-state index contributed by atoms with van der Waals surface area (Å²) in [6, 6.07) is 10.2. The highest BCUT2D eigenvalue weighted by Crippen LogP contribution is 2.22. The monoisotopic (exact) mass is 436 g/mol. The molecule has 0 fully saturated rings. The van der Waals surface area contributed by atoms with Crippen molar-refractivity contribution >= 4 is 21.6 Å². The van der Waals surface area contributed by atoms with E-state index in [0.29, 0.717) is 18.7 Å². The first-order chi connectivity index (χ1) is 14.2. The lowest BCUT2D eigenvalue weighted by Crippen LogP contribution is -2.28. The number of ether oxygens (including phenoxy) is 1. The van der Waals surface area contributed by atoms with E-state index in [2.05, 4.69) is 12.2 Å². The molecule has 0 saturated heterocycles. The Balaban J connectivity index is 1.83. The zero-order valence-corrected chi connectivity index (χ0v) is 18.5. The third kappa shape index (κ3) is 6.81. The van der Waals surface area contributed by atoms with Crippen molar-refractivity contribution in [3.05, 3.63) is 53.8 Å². The Bertz CT molecular complexity index is 946. The Morgan fingerprint density at radius 3 is 2.47 bits per heavy atom. The largest absolute Gasteiger partial charge is 0.494 e. The van der Waals surface area contributed by atoms with Gasteiger partial charge in [-0.1, -0.05) is 13.3 Å². The minimum Gasteiger partial charge on any atom is -0.494 e. The molecule has 0 unspecified atom stereocenters. The number of nitrogens with one attached hydrogen (secondary N) is 1. The number of carbonyl (C=O) groups excluding carboxylic acids is 1. The first kappa shape index (κ1) is 23.8. The molecule has 0 atom stereocenters. The zero-order valence-electron chi connectivity index (χ0n) is 17.7. The zero-order chi connectivity index (χ0) is 22.1. The number of rotatable bonds is 11. The molecule has 1 amide bonds. The number of unbranched alkanes of at least 4 members (excludes halogenated alkanes) is 1. The molecule has 0 spiro atoms. The Kier molecular flexibility index (Phi) is 8.80. The molecule has 30 heavy (non-hydrogen) atoms. The lowest BCUT2D eigenvalue weighted by Gasteiger charge is -2.17. The summed E-state index contributed by atoms with van der Waals surface area (Å²) in [6.07, 6.45) is 2.59. The number of aryl methyl sites for hydroxylation is 1. The van der Waals surface area contributed by atoms with Gasteiger partial charge in [-0.05, 0) is 67.8 Å². The van der Waals surface area contributed by atoms with E-state index in [1.165, 1.54) is 23.5 Å². The van der Waals surface area contributed by atoms with Crippen LogP contribution in [0.5, 0.6) is 5.75 Å². The number of hydrogen-bond donors (Lipinski definition) is 1. The lowest BCUT2D eigenvalue weighted by molar-refractivity contribution is -0.116. The maximum absolute atomic E-state index is 13.0. The van der Waals surface area contributed by atoms with Crippen LogP contribution in [0, 0.1) is 12.7 Å². The molecule has 0 saturated carbocycles. The second kappa shape index (κ2) is 11.1. The van der Waals surface area contributed by atoms with Gasteiger partial charge >= 0.3 is 0 Å². The fourth-order valence-electron chi connectivity index (χ4n) is 2.78. The van der Waals surface area contributed by atoms with Gasteiger partial charge < -0.3 is 10.1 Å². The summed E-state index contributed by atoms with van der Waals surface area (Å²) in [6.45, 7) is 4.83. The van der Waals surface area contributed by atoms with Crippen LogP contribution in [0.25, 0.3) is 0 Å². The van der Waals surface area contributed by atoms with Crippen LogP contribution in [0.1, 0.15) is 38.2 Å². The van der Waals surface area contributed by atoms with Gasteiger partial charge in [0.15, 0.2) is 0 Å². The van der Waals surface area contributed by atoms with Crippen LogP contribution in [0.15, 0.2) is 47.4 Å². The molecule has 0 heterocycles. The molecule has 2 aromatic carbocycles. The number of nitrogens with zero attached hydrogens (tertiary/aromatic N) is 1. The van der Waals surface area contributed by atoms with Crippen LogP contribution in [-0.2, 0) is 14.8 Å². The van der Waals surface area contributed by atoms with Crippen LogP contribution in [-0.4, -0.2) is 38.8 Å². The second-order valence-electron chi connectivity index (χ2n) is 7.11. The number of sulfonamides is 1. The average molecular weight is 437 g/mol. The van der Waals surface area contributed by atoms with Crippen molar-refractivity contribution < 1.29 is 22.3 Å². The van der Waals surface area contributed by atoms with Gasteiger partial charge in [0.05, 0.1) is 11.5 Å². The van der Waals surface area contributed by atoms with E-state index in [4.69, 9.17) is 4.74 Å². The number of anilines is 1. The van der Waals surface area contributed by atoms with Crippen LogP contribution >= 0.6 is 0 Å². The molecule has 0 radical (unpaired) electrons. The van der Waals surface area contributed by atoms with Crippen molar-refractivity contribution in [1.82, 2.24) is 4.31 Å². The standard InChI is InChI=1S/C22H29FN2O4S/c1-4-5-15-29-19-10-13-21(17(2)16-19)24-22(26)7-6-14-25(3)30(27,28)20-11-8-18(23)9-12-20/h8-13,16H,4-7,14-15H2,1-3H3,(H,24,26). The summed E-state index contributed by atoms with van der Waals surface area (Å²) >= 11 is 0. The first-order valence-corrected chi connectivity index (χ1v) is 11.4. The summed E-state index contributed by atoms with van der Waals surface area (Å²) in [7, 11) is -2.27. The Labute approximate surface area is 178 Å². The van der Waals surface area contributed by atoms with Crippen molar-refractivity contribution in [2.24, 2.45) is 0 Å². The van der Waals surface area contributed by atoms with Crippen molar-refractivity contribution in [2.75, 3.05) is 25.5 Å². The van der Waals surface area contributed by atoms with Crippen LogP contribution in [0.3, 0.4) is 0 Å². The molecular formula is C22H29FN2O4S. The summed E-state index contributed by atoms with van der Waals surface area (Å²) in [5.41, 5.74) is 1.60.